The van der Waals surface area contributed by atoms with Gasteiger partial charge in [0.2, 0.25) is 0 Å². The largest absolute Gasteiger partial charge is 0.309 e. The first-order valence-electron chi connectivity index (χ1n) is 7.76. The van der Waals surface area contributed by atoms with Crippen LogP contribution in [-0.2, 0) is 13.1 Å². The third kappa shape index (κ3) is 5.47. The van der Waals surface area contributed by atoms with Crippen LogP contribution in [0.4, 0.5) is 0 Å². The highest BCUT2D eigenvalue weighted by Crippen LogP contribution is 2.10. The van der Waals surface area contributed by atoms with Crippen molar-refractivity contribution in [1.29, 1.82) is 5.26 Å². The topological polar surface area (TPSA) is 42.3 Å². The number of piperazine rings is 1. The van der Waals surface area contributed by atoms with Gasteiger partial charge in [0.05, 0.1) is 12.5 Å². The van der Waals surface area contributed by atoms with Gasteiger partial charge in [-0.2, -0.15) is 5.26 Å². The van der Waals surface area contributed by atoms with Gasteiger partial charge in [0.15, 0.2) is 0 Å². The molecule has 4 heteroatoms. The van der Waals surface area contributed by atoms with E-state index in [1.165, 1.54) is 24.2 Å². The molecule has 2 rings (SSSR count). The van der Waals surface area contributed by atoms with E-state index in [1.54, 1.807) is 0 Å². The van der Waals surface area contributed by atoms with Crippen LogP contribution in [0.3, 0.4) is 0 Å². The van der Waals surface area contributed by atoms with Gasteiger partial charge in [-0.15, -0.1) is 0 Å². The fourth-order valence-corrected chi connectivity index (χ4v) is 2.53. The van der Waals surface area contributed by atoms with Gasteiger partial charge in [-0.1, -0.05) is 24.3 Å². The number of nitrogens with one attached hydrogen (secondary N) is 1. The highest BCUT2D eigenvalue weighted by Gasteiger charge is 2.13. The second-order valence-corrected chi connectivity index (χ2v) is 6.04. The maximum atomic E-state index is 8.64. The SMILES string of the molecule is C[C@H](CC#N)NCc1ccc(CN2CCN(C)CC2)cc1. The molecule has 0 amide bonds. The molecule has 1 saturated heterocycles. The monoisotopic (exact) mass is 286 g/mol. The van der Waals surface area contributed by atoms with Crippen LogP contribution in [0.1, 0.15) is 24.5 Å². The summed E-state index contributed by atoms with van der Waals surface area (Å²) in [6.07, 6.45) is 0.557. The van der Waals surface area contributed by atoms with E-state index in [1.807, 2.05) is 6.92 Å². The lowest BCUT2D eigenvalue weighted by atomic mass is 10.1. The van der Waals surface area contributed by atoms with Crippen molar-refractivity contribution in [2.24, 2.45) is 0 Å². The molecular weight excluding hydrogens is 260 g/mol. The highest BCUT2D eigenvalue weighted by atomic mass is 15.2. The Bertz CT molecular complexity index is 455. The Morgan fingerprint density at radius 1 is 1.14 bits per heavy atom. The summed E-state index contributed by atoms with van der Waals surface area (Å²) in [5.41, 5.74) is 2.66. The predicted molar refractivity (Wildman–Crippen MR) is 85.7 cm³/mol. The number of likely N-dealkylation sites (N-methyl/N-ethyl adjacent to an activating group) is 1. The van der Waals surface area contributed by atoms with Crippen LogP contribution in [0.5, 0.6) is 0 Å². The lowest BCUT2D eigenvalue weighted by Gasteiger charge is -2.32. The van der Waals surface area contributed by atoms with Gasteiger partial charge in [0, 0.05) is 45.3 Å². The third-order valence-corrected chi connectivity index (χ3v) is 4.08. The van der Waals surface area contributed by atoms with Gasteiger partial charge < -0.3 is 10.2 Å². The highest BCUT2D eigenvalue weighted by molar-refractivity contribution is 5.22. The molecule has 21 heavy (non-hydrogen) atoms. The Kier molecular flexibility index (Phi) is 6.19. The molecule has 1 fully saturated rings. The molecule has 1 aromatic rings. The molecule has 114 valence electrons. The standard InChI is InChI=1S/C17H26N4/c1-15(7-8-18)19-13-16-3-5-17(6-4-16)14-21-11-9-20(2)10-12-21/h3-6,15,19H,7,9-14H2,1-2H3/t15-/m1/s1. The summed E-state index contributed by atoms with van der Waals surface area (Å²) < 4.78 is 0. The molecule has 0 saturated carbocycles. The summed E-state index contributed by atoms with van der Waals surface area (Å²) in [6, 6.07) is 11.3. The summed E-state index contributed by atoms with van der Waals surface area (Å²) in [5, 5.41) is 12.0. The van der Waals surface area contributed by atoms with Crippen molar-refractivity contribution in [2.45, 2.75) is 32.5 Å². The smallest absolute Gasteiger partial charge is 0.0638 e. The third-order valence-electron chi connectivity index (χ3n) is 4.08. The zero-order chi connectivity index (χ0) is 15.1. The van der Waals surface area contributed by atoms with Crippen LogP contribution < -0.4 is 5.32 Å². The summed E-state index contributed by atoms with van der Waals surface area (Å²) >= 11 is 0. The van der Waals surface area contributed by atoms with Crippen molar-refractivity contribution < 1.29 is 0 Å². The van der Waals surface area contributed by atoms with Crippen molar-refractivity contribution in [3.8, 4) is 6.07 Å². The van der Waals surface area contributed by atoms with Gasteiger partial charge in [-0.25, -0.2) is 0 Å². The van der Waals surface area contributed by atoms with E-state index < -0.39 is 0 Å². The second-order valence-electron chi connectivity index (χ2n) is 6.04. The van der Waals surface area contributed by atoms with E-state index in [0.717, 1.165) is 26.2 Å². The molecule has 4 nitrogen and oxygen atoms in total. The Morgan fingerprint density at radius 2 is 1.76 bits per heavy atom. The van der Waals surface area contributed by atoms with Gasteiger partial charge in [-0.3, -0.25) is 4.90 Å². The van der Waals surface area contributed by atoms with E-state index in [-0.39, 0.29) is 6.04 Å². The lowest BCUT2D eigenvalue weighted by Crippen LogP contribution is -2.43. The first kappa shape index (κ1) is 16.0. The number of nitriles is 1. The molecule has 1 aliphatic rings. The molecule has 0 bridgehead atoms. The molecule has 1 aliphatic heterocycles. The molecule has 1 heterocycles. The molecule has 0 aliphatic carbocycles. The van der Waals surface area contributed by atoms with Crippen LogP contribution in [0.2, 0.25) is 0 Å². The van der Waals surface area contributed by atoms with Gasteiger partial charge in [0.25, 0.3) is 0 Å². The normalized spacial score (nSPS) is 18.3. The summed E-state index contributed by atoms with van der Waals surface area (Å²) in [5.74, 6) is 0. The first-order chi connectivity index (χ1) is 10.2. The Morgan fingerprint density at radius 3 is 2.38 bits per heavy atom. The zero-order valence-electron chi connectivity index (χ0n) is 13.2. The van der Waals surface area contributed by atoms with Crippen molar-refractivity contribution in [3.63, 3.8) is 0 Å². The quantitative estimate of drug-likeness (QED) is 0.866. The van der Waals surface area contributed by atoms with Gasteiger partial charge in [0.1, 0.15) is 0 Å². The minimum Gasteiger partial charge on any atom is -0.309 e. The van der Waals surface area contributed by atoms with E-state index >= 15 is 0 Å². The lowest BCUT2D eigenvalue weighted by molar-refractivity contribution is 0.148. The van der Waals surface area contributed by atoms with E-state index in [2.05, 4.69) is 52.5 Å². The fraction of sp³-hybridized carbons (Fsp3) is 0.588. The van der Waals surface area contributed by atoms with Crippen LogP contribution in [-0.4, -0.2) is 49.1 Å². The number of nitrogens with zero attached hydrogens (tertiary/aromatic N) is 3. The molecule has 0 spiro atoms. The number of rotatable bonds is 6. The molecule has 1 N–H and O–H groups in total. The van der Waals surface area contributed by atoms with E-state index in [0.29, 0.717) is 6.42 Å². The maximum absolute atomic E-state index is 8.64. The second kappa shape index (κ2) is 8.14. The molecule has 1 atom stereocenters. The molecule has 0 aromatic heterocycles. The van der Waals surface area contributed by atoms with Crippen LogP contribution >= 0.6 is 0 Å². The van der Waals surface area contributed by atoms with Crippen LogP contribution in [0.25, 0.3) is 0 Å². The number of hydrogen-bond acceptors (Lipinski definition) is 4. The number of benzene rings is 1. The van der Waals surface area contributed by atoms with Crippen LogP contribution in [0.15, 0.2) is 24.3 Å². The summed E-state index contributed by atoms with van der Waals surface area (Å²) in [6.45, 7) is 8.57. The van der Waals surface area contributed by atoms with Crippen molar-refractivity contribution >= 4 is 0 Å². The summed E-state index contributed by atoms with van der Waals surface area (Å²) in [7, 11) is 2.19. The van der Waals surface area contributed by atoms with E-state index in [4.69, 9.17) is 5.26 Å². The minimum absolute atomic E-state index is 0.250. The van der Waals surface area contributed by atoms with Gasteiger partial charge >= 0.3 is 0 Å². The average molecular weight is 286 g/mol. The Labute approximate surface area is 128 Å². The molecule has 0 unspecified atom stereocenters. The predicted octanol–water partition coefficient (Wildman–Crippen LogP) is 1.83. The van der Waals surface area contributed by atoms with Crippen molar-refractivity contribution in [1.82, 2.24) is 15.1 Å². The average Bonchev–Trinajstić information content (AvgIpc) is 2.49. The summed E-state index contributed by atoms with van der Waals surface area (Å²) in [4.78, 5) is 4.90. The zero-order valence-corrected chi connectivity index (χ0v) is 13.2. The van der Waals surface area contributed by atoms with Gasteiger partial charge in [-0.05, 0) is 25.1 Å². The number of hydrogen-bond donors (Lipinski definition) is 1. The first-order valence-corrected chi connectivity index (χ1v) is 7.76. The fourth-order valence-electron chi connectivity index (χ4n) is 2.53. The van der Waals surface area contributed by atoms with Crippen molar-refractivity contribution in [3.05, 3.63) is 35.4 Å². The molecule has 1 aromatic carbocycles. The minimum atomic E-state index is 0.250. The molecule has 0 radical (unpaired) electrons. The Hall–Kier alpha value is -1.41. The maximum Gasteiger partial charge on any atom is 0.0638 e. The van der Waals surface area contributed by atoms with Crippen LogP contribution in [0, 0.1) is 11.3 Å². The molecular formula is C17H26N4. The van der Waals surface area contributed by atoms with E-state index in [9.17, 15) is 0 Å². The Balaban J connectivity index is 1.78. The van der Waals surface area contributed by atoms with Crippen molar-refractivity contribution in [2.75, 3.05) is 33.2 Å².